The van der Waals surface area contributed by atoms with Gasteiger partial charge < -0.3 is 5.32 Å². The van der Waals surface area contributed by atoms with Crippen LogP contribution in [0, 0.1) is 0 Å². The molecule has 3 nitrogen and oxygen atoms in total. The smallest absolute Gasteiger partial charge is 0.161 e. The molecule has 82 valence electrons. The van der Waals surface area contributed by atoms with Gasteiger partial charge in [-0.2, -0.15) is 0 Å². The molecule has 1 aromatic carbocycles. The average molecular weight is 254 g/mol. The molecule has 0 aliphatic heterocycles. The van der Waals surface area contributed by atoms with Gasteiger partial charge >= 0.3 is 0 Å². The molecule has 0 bridgehead atoms. The van der Waals surface area contributed by atoms with E-state index in [0.29, 0.717) is 15.9 Å². The Kier molecular flexibility index (Phi) is 3.27. The van der Waals surface area contributed by atoms with E-state index in [4.69, 9.17) is 23.2 Å². The molecule has 0 saturated heterocycles. The maximum Gasteiger partial charge on any atom is 0.161 e. The largest absolute Gasteiger partial charge is 0.373 e. The maximum absolute atomic E-state index is 5.92. The molecule has 0 amide bonds. The van der Waals surface area contributed by atoms with Crippen molar-refractivity contribution in [1.29, 1.82) is 0 Å². The van der Waals surface area contributed by atoms with Gasteiger partial charge in [-0.15, -0.1) is 0 Å². The Morgan fingerprint density at radius 2 is 1.81 bits per heavy atom. The Balaban J connectivity index is 2.49. The predicted molar refractivity (Wildman–Crippen MR) is 67.0 cm³/mol. The summed E-state index contributed by atoms with van der Waals surface area (Å²) in [6.45, 7) is 0. The molecule has 0 fully saturated rings. The van der Waals surface area contributed by atoms with E-state index in [1.165, 1.54) is 0 Å². The minimum atomic E-state index is 0.570. The van der Waals surface area contributed by atoms with Gasteiger partial charge in [-0.25, -0.2) is 9.97 Å². The topological polar surface area (TPSA) is 37.8 Å². The number of anilines is 1. The van der Waals surface area contributed by atoms with Crippen LogP contribution >= 0.6 is 23.2 Å². The van der Waals surface area contributed by atoms with E-state index < -0.39 is 0 Å². The van der Waals surface area contributed by atoms with E-state index in [2.05, 4.69) is 15.3 Å². The monoisotopic (exact) mass is 253 g/mol. The van der Waals surface area contributed by atoms with Crippen LogP contribution in [0.1, 0.15) is 0 Å². The van der Waals surface area contributed by atoms with E-state index in [1.807, 2.05) is 0 Å². The van der Waals surface area contributed by atoms with Gasteiger partial charge in [0.25, 0.3) is 0 Å². The normalized spacial score (nSPS) is 10.2. The summed E-state index contributed by atoms with van der Waals surface area (Å²) in [4.78, 5) is 8.48. The van der Waals surface area contributed by atoms with Crippen molar-refractivity contribution in [2.45, 2.75) is 0 Å². The summed E-state index contributed by atoms with van der Waals surface area (Å²) >= 11 is 11.8. The van der Waals surface area contributed by atoms with Crippen LogP contribution < -0.4 is 5.32 Å². The third kappa shape index (κ3) is 2.43. The molecule has 0 atom stereocenters. The average Bonchev–Trinajstić information content (AvgIpc) is 2.28. The van der Waals surface area contributed by atoms with Crippen molar-refractivity contribution in [3.8, 4) is 11.4 Å². The third-order valence-corrected chi connectivity index (χ3v) is 2.47. The number of nitrogens with one attached hydrogen (secondary N) is 1. The summed E-state index contributed by atoms with van der Waals surface area (Å²) in [5.74, 6) is 1.34. The van der Waals surface area contributed by atoms with Gasteiger partial charge in [0.05, 0.1) is 0 Å². The zero-order valence-corrected chi connectivity index (χ0v) is 10.0. The van der Waals surface area contributed by atoms with Crippen molar-refractivity contribution in [2.75, 3.05) is 12.4 Å². The van der Waals surface area contributed by atoms with Crippen molar-refractivity contribution in [1.82, 2.24) is 9.97 Å². The number of rotatable bonds is 2. The van der Waals surface area contributed by atoms with Gasteiger partial charge in [0.2, 0.25) is 0 Å². The van der Waals surface area contributed by atoms with E-state index in [0.717, 1.165) is 11.4 Å². The van der Waals surface area contributed by atoms with E-state index in [1.54, 1.807) is 37.5 Å². The number of benzene rings is 1. The molecule has 5 heteroatoms. The molecule has 0 aliphatic rings. The van der Waals surface area contributed by atoms with Crippen LogP contribution in [-0.2, 0) is 0 Å². The third-order valence-electron chi connectivity index (χ3n) is 2.03. The van der Waals surface area contributed by atoms with Crippen LogP contribution in [0.25, 0.3) is 11.4 Å². The van der Waals surface area contributed by atoms with E-state index in [9.17, 15) is 0 Å². The van der Waals surface area contributed by atoms with E-state index >= 15 is 0 Å². The standard InChI is InChI=1S/C11H9Cl2N3/c1-14-10-2-3-15-11(16-10)7-4-8(12)6-9(13)5-7/h2-6H,1H3,(H,14,15,16). The minimum Gasteiger partial charge on any atom is -0.373 e. The Morgan fingerprint density at radius 1 is 1.12 bits per heavy atom. The summed E-state index contributed by atoms with van der Waals surface area (Å²) in [5, 5.41) is 4.09. The van der Waals surface area contributed by atoms with Crippen molar-refractivity contribution < 1.29 is 0 Å². The molecule has 1 heterocycles. The van der Waals surface area contributed by atoms with Crippen LogP contribution in [0.2, 0.25) is 10.0 Å². The SMILES string of the molecule is CNc1ccnc(-c2cc(Cl)cc(Cl)c2)n1. The lowest BCUT2D eigenvalue weighted by atomic mass is 10.2. The van der Waals surface area contributed by atoms with Crippen LogP contribution in [0.3, 0.4) is 0 Å². The predicted octanol–water partition coefficient (Wildman–Crippen LogP) is 3.49. The summed E-state index contributed by atoms with van der Waals surface area (Å²) in [5.41, 5.74) is 0.801. The summed E-state index contributed by atoms with van der Waals surface area (Å²) in [6, 6.07) is 7.02. The Morgan fingerprint density at radius 3 is 2.44 bits per heavy atom. The van der Waals surface area contributed by atoms with Crippen molar-refractivity contribution in [2.24, 2.45) is 0 Å². The van der Waals surface area contributed by atoms with Crippen molar-refractivity contribution in [3.63, 3.8) is 0 Å². The summed E-state index contributed by atoms with van der Waals surface area (Å²) in [6.07, 6.45) is 1.68. The molecule has 1 N–H and O–H groups in total. The lowest BCUT2D eigenvalue weighted by Crippen LogP contribution is -1.95. The van der Waals surface area contributed by atoms with Crippen molar-refractivity contribution >= 4 is 29.0 Å². The molecular weight excluding hydrogens is 245 g/mol. The molecule has 0 radical (unpaired) electrons. The molecule has 0 saturated carbocycles. The van der Waals surface area contributed by atoms with Crippen LogP contribution in [0.5, 0.6) is 0 Å². The lowest BCUT2D eigenvalue weighted by molar-refractivity contribution is 1.17. The maximum atomic E-state index is 5.92. The van der Waals surface area contributed by atoms with Crippen LogP contribution in [-0.4, -0.2) is 17.0 Å². The summed E-state index contributed by atoms with van der Waals surface area (Å²) < 4.78 is 0. The van der Waals surface area contributed by atoms with Crippen LogP contribution in [0.4, 0.5) is 5.82 Å². The Bertz CT molecular complexity index is 494. The molecule has 1 aromatic heterocycles. The molecule has 2 aromatic rings. The highest BCUT2D eigenvalue weighted by atomic mass is 35.5. The van der Waals surface area contributed by atoms with Gasteiger partial charge in [-0.1, -0.05) is 23.2 Å². The van der Waals surface area contributed by atoms with Gasteiger partial charge in [-0.05, 0) is 24.3 Å². The molecule has 0 unspecified atom stereocenters. The fourth-order valence-electron chi connectivity index (χ4n) is 1.32. The zero-order valence-electron chi connectivity index (χ0n) is 8.54. The quantitative estimate of drug-likeness (QED) is 0.891. The fraction of sp³-hybridized carbons (Fsp3) is 0.0909. The number of aromatic nitrogens is 2. The molecule has 0 aliphatic carbocycles. The highest BCUT2D eigenvalue weighted by molar-refractivity contribution is 6.35. The lowest BCUT2D eigenvalue weighted by Gasteiger charge is -2.04. The van der Waals surface area contributed by atoms with Gasteiger partial charge in [-0.3, -0.25) is 0 Å². The summed E-state index contributed by atoms with van der Waals surface area (Å²) in [7, 11) is 1.80. The number of hydrogen-bond donors (Lipinski definition) is 1. The Hall–Kier alpha value is -1.32. The van der Waals surface area contributed by atoms with Crippen molar-refractivity contribution in [3.05, 3.63) is 40.5 Å². The zero-order chi connectivity index (χ0) is 11.5. The second kappa shape index (κ2) is 4.68. The molecule has 16 heavy (non-hydrogen) atoms. The Labute approximate surface area is 103 Å². The first kappa shape index (κ1) is 11.2. The minimum absolute atomic E-state index is 0.570. The first-order valence-corrected chi connectivity index (χ1v) is 5.42. The molecule has 2 rings (SSSR count). The molecule has 0 spiro atoms. The highest BCUT2D eigenvalue weighted by Gasteiger charge is 2.04. The number of hydrogen-bond acceptors (Lipinski definition) is 3. The molecular formula is C11H9Cl2N3. The van der Waals surface area contributed by atoms with E-state index in [-0.39, 0.29) is 0 Å². The number of nitrogens with zero attached hydrogens (tertiary/aromatic N) is 2. The first-order chi connectivity index (χ1) is 7.69. The number of halogens is 2. The fourth-order valence-corrected chi connectivity index (χ4v) is 1.85. The second-order valence-corrected chi connectivity index (χ2v) is 4.05. The van der Waals surface area contributed by atoms with Gasteiger partial charge in [0, 0.05) is 28.9 Å². The van der Waals surface area contributed by atoms with Gasteiger partial charge in [0.15, 0.2) is 5.82 Å². The first-order valence-electron chi connectivity index (χ1n) is 4.66. The van der Waals surface area contributed by atoms with Gasteiger partial charge in [0.1, 0.15) is 5.82 Å². The second-order valence-electron chi connectivity index (χ2n) is 3.17. The highest BCUT2D eigenvalue weighted by Crippen LogP contribution is 2.25. The van der Waals surface area contributed by atoms with Crippen LogP contribution in [0.15, 0.2) is 30.5 Å².